The Morgan fingerprint density at radius 2 is 1.48 bits per heavy atom. The molecule has 0 aliphatic heterocycles. The van der Waals surface area contributed by atoms with E-state index in [9.17, 15) is 0 Å². The van der Waals surface area contributed by atoms with Crippen LogP contribution in [0.3, 0.4) is 0 Å². The second kappa shape index (κ2) is 4.79. The Balaban J connectivity index is 1.72. The van der Waals surface area contributed by atoms with E-state index in [1.165, 1.54) is 11.1 Å². The zero-order valence-electron chi connectivity index (χ0n) is 11.1. The number of benzene rings is 2. The van der Waals surface area contributed by atoms with Gasteiger partial charge in [0.15, 0.2) is 0 Å². The Labute approximate surface area is 120 Å². The lowest BCUT2D eigenvalue weighted by molar-refractivity contribution is 0.905. The molecule has 100 valence electrons. The molecule has 0 saturated carbocycles. The SMILES string of the molecule is c1ccc(-c2ccc(-c3cnc4nncn4n3)cc2)cc1. The van der Waals surface area contributed by atoms with E-state index >= 15 is 0 Å². The minimum Gasteiger partial charge on any atom is -0.216 e. The minimum absolute atomic E-state index is 0.500. The summed E-state index contributed by atoms with van der Waals surface area (Å²) in [4.78, 5) is 4.22. The third-order valence-electron chi connectivity index (χ3n) is 3.32. The predicted octanol–water partition coefficient (Wildman–Crippen LogP) is 2.85. The lowest BCUT2D eigenvalue weighted by Gasteiger charge is -2.04. The summed E-state index contributed by atoms with van der Waals surface area (Å²) < 4.78 is 1.57. The van der Waals surface area contributed by atoms with Crippen molar-refractivity contribution in [3.63, 3.8) is 0 Å². The molecule has 0 unspecified atom stereocenters. The van der Waals surface area contributed by atoms with Crippen LogP contribution in [0, 0.1) is 0 Å². The summed E-state index contributed by atoms with van der Waals surface area (Å²) in [5.41, 5.74) is 4.18. The van der Waals surface area contributed by atoms with Crippen molar-refractivity contribution in [2.24, 2.45) is 0 Å². The van der Waals surface area contributed by atoms with Crippen molar-refractivity contribution in [1.29, 1.82) is 0 Å². The Bertz CT molecular complexity index is 881. The van der Waals surface area contributed by atoms with Gasteiger partial charge in [-0.25, -0.2) is 4.98 Å². The van der Waals surface area contributed by atoms with Gasteiger partial charge in [-0.2, -0.15) is 9.61 Å². The summed E-state index contributed by atoms with van der Waals surface area (Å²) in [6.45, 7) is 0. The summed E-state index contributed by atoms with van der Waals surface area (Å²) in [7, 11) is 0. The van der Waals surface area contributed by atoms with Crippen LogP contribution in [0.2, 0.25) is 0 Å². The van der Waals surface area contributed by atoms with Crippen molar-refractivity contribution in [3.05, 3.63) is 67.1 Å². The number of aromatic nitrogens is 5. The van der Waals surface area contributed by atoms with Gasteiger partial charge in [-0.05, 0) is 11.1 Å². The summed E-state index contributed by atoms with van der Waals surface area (Å²) >= 11 is 0. The predicted molar refractivity (Wildman–Crippen MR) is 79.4 cm³/mol. The van der Waals surface area contributed by atoms with Crippen LogP contribution in [0.25, 0.3) is 28.2 Å². The van der Waals surface area contributed by atoms with Crippen molar-refractivity contribution in [3.8, 4) is 22.4 Å². The van der Waals surface area contributed by atoms with Gasteiger partial charge in [0.1, 0.15) is 12.0 Å². The third kappa shape index (κ3) is 2.14. The molecular formula is C16H11N5. The number of nitrogens with zero attached hydrogens (tertiary/aromatic N) is 5. The monoisotopic (exact) mass is 273 g/mol. The lowest BCUT2D eigenvalue weighted by atomic mass is 10.0. The molecule has 0 atom stereocenters. The van der Waals surface area contributed by atoms with Gasteiger partial charge in [-0.15, -0.1) is 10.2 Å². The second-order valence-corrected chi connectivity index (χ2v) is 4.66. The smallest absolute Gasteiger partial charge is 0.216 e. The maximum absolute atomic E-state index is 4.44. The molecule has 0 spiro atoms. The quantitative estimate of drug-likeness (QED) is 0.563. The van der Waals surface area contributed by atoms with Gasteiger partial charge < -0.3 is 0 Å². The molecule has 0 saturated heterocycles. The molecule has 0 aliphatic carbocycles. The molecule has 4 rings (SSSR count). The molecule has 2 heterocycles. The highest BCUT2D eigenvalue weighted by Crippen LogP contribution is 2.23. The van der Waals surface area contributed by atoms with Gasteiger partial charge >= 0.3 is 0 Å². The van der Waals surface area contributed by atoms with Gasteiger partial charge in [0.05, 0.1) is 6.20 Å². The summed E-state index contributed by atoms with van der Waals surface area (Å²) in [6, 6.07) is 18.5. The first-order chi connectivity index (χ1) is 10.4. The summed E-state index contributed by atoms with van der Waals surface area (Å²) in [5, 5.41) is 12.1. The third-order valence-corrected chi connectivity index (χ3v) is 3.32. The van der Waals surface area contributed by atoms with E-state index in [2.05, 4.69) is 44.5 Å². The first-order valence-corrected chi connectivity index (χ1v) is 6.59. The molecule has 2 aromatic carbocycles. The van der Waals surface area contributed by atoms with E-state index in [1.54, 1.807) is 17.0 Å². The molecule has 0 N–H and O–H groups in total. The zero-order valence-corrected chi connectivity index (χ0v) is 11.1. The van der Waals surface area contributed by atoms with Gasteiger partial charge in [-0.1, -0.05) is 54.6 Å². The fourth-order valence-electron chi connectivity index (χ4n) is 2.24. The van der Waals surface area contributed by atoms with Crippen molar-refractivity contribution >= 4 is 5.78 Å². The Morgan fingerprint density at radius 1 is 0.762 bits per heavy atom. The van der Waals surface area contributed by atoms with Crippen LogP contribution in [0.1, 0.15) is 0 Å². The van der Waals surface area contributed by atoms with Crippen LogP contribution >= 0.6 is 0 Å². The zero-order chi connectivity index (χ0) is 14.1. The summed E-state index contributed by atoms with van der Waals surface area (Å²) in [5.74, 6) is 0.500. The normalized spacial score (nSPS) is 10.9. The van der Waals surface area contributed by atoms with Crippen LogP contribution in [0.5, 0.6) is 0 Å². The summed E-state index contributed by atoms with van der Waals surface area (Å²) in [6.07, 6.45) is 3.26. The van der Waals surface area contributed by atoms with Gasteiger partial charge in [-0.3, -0.25) is 0 Å². The van der Waals surface area contributed by atoms with Crippen LogP contribution in [-0.4, -0.2) is 24.8 Å². The van der Waals surface area contributed by atoms with Crippen molar-refractivity contribution in [1.82, 2.24) is 24.8 Å². The van der Waals surface area contributed by atoms with E-state index < -0.39 is 0 Å². The van der Waals surface area contributed by atoms with Crippen LogP contribution < -0.4 is 0 Å². The highest BCUT2D eigenvalue weighted by atomic mass is 15.4. The molecular weight excluding hydrogens is 262 g/mol. The molecule has 2 aromatic heterocycles. The standard InChI is InChI=1S/C16H11N5/c1-2-4-12(5-3-1)13-6-8-14(9-7-13)15-10-17-16-19-18-11-21(16)20-15/h1-11H. The van der Waals surface area contributed by atoms with Crippen LogP contribution in [0.4, 0.5) is 0 Å². The Morgan fingerprint density at radius 3 is 2.29 bits per heavy atom. The largest absolute Gasteiger partial charge is 0.271 e. The van der Waals surface area contributed by atoms with Crippen molar-refractivity contribution < 1.29 is 0 Å². The average molecular weight is 273 g/mol. The van der Waals surface area contributed by atoms with Crippen LogP contribution in [0.15, 0.2) is 67.1 Å². The Hall–Kier alpha value is -3.08. The number of rotatable bonds is 2. The Kier molecular flexibility index (Phi) is 2.67. The number of hydrogen-bond acceptors (Lipinski definition) is 4. The second-order valence-electron chi connectivity index (χ2n) is 4.66. The highest BCUT2D eigenvalue weighted by Gasteiger charge is 2.04. The molecule has 5 heteroatoms. The molecule has 4 aromatic rings. The first-order valence-electron chi connectivity index (χ1n) is 6.59. The van der Waals surface area contributed by atoms with Gasteiger partial charge in [0.2, 0.25) is 0 Å². The fourth-order valence-corrected chi connectivity index (χ4v) is 2.24. The first kappa shape index (κ1) is 11.7. The molecule has 21 heavy (non-hydrogen) atoms. The lowest BCUT2D eigenvalue weighted by Crippen LogP contribution is -1.96. The van der Waals surface area contributed by atoms with Crippen molar-refractivity contribution in [2.75, 3.05) is 0 Å². The molecule has 0 amide bonds. The molecule has 0 radical (unpaired) electrons. The maximum Gasteiger partial charge on any atom is 0.271 e. The average Bonchev–Trinajstić information content (AvgIpc) is 3.03. The fraction of sp³-hybridized carbons (Fsp3) is 0. The van der Waals surface area contributed by atoms with Gasteiger partial charge in [0.25, 0.3) is 5.78 Å². The molecule has 0 aliphatic rings. The maximum atomic E-state index is 4.44. The minimum atomic E-state index is 0.500. The van der Waals surface area contributed by atoms with Gasteiger partial charge in [0, 0.05) is 5.56 Å². The number of fused-ring (bicyclic) bond motifs is 1. The van der Waals surface area contributed by atoms with E-state index in [0.717, 1.165) is 11.3 Å². The molecule has 5 nitrogen and oxygen atoms in total. The molecule has 0 bridgehead atoms. The van der Waals surface area contributed by atoms with Crippen LogP contribution in [-0.2, 0) is 0 Å². The topological polar surface area (TPSA) is 56.0 Å². The van der Waals surface area contributed by atoms with E-state index in [-0.39, 0.29) is 0 Å². The highest BCUT2D eigenvalue weighted by molar-refractivity contribution is 5.68. The van der Waals surface area contributed by atoms with E-state index in [1.807, 2.05) is 30.3 Å². The van der Waals surface area contributed by atoms with E-state index in [0.29, 0.717) is 5.78 Å². The molecule has 0 fully saturated rings. The number of hydrogen-bond donors (Lipinski definition) is 0. The van der Waals surface area contributed by atoms with Crippen molar-refractivity contribution in [2.45, 2.75) is 0 Å². The van der Waals surface area contributed by atoms with E-state index in [4.69, 9.17) is 0 Å².